The van der Waals surface area contributed by atoms with Gasteiger partial charge >= 0.3 is 0 Å². The molecule has 0 aromatic heterocycles. The van der Waals surface area contributed by atoms with Crippen LogP contribution in [0.25, 0.3) is 0 Å². The summed E-state index contributed by atoms with van der Waals surface area (Å²) in [6.45, 7) is 4.01. The van der Waals surface area contributed by atoms with E-state index >= 15 is 0 Å². The molecular weight excluding hydrogens is 364 g/mol. The molecule has 3 fully saturated rings. The topological polar surface area (TPSA) is 114 Å². The quantitative estimate of drug-likeness (QED) is 0.831. The van der Waals surface area contributed by atoms with Gasteiger partial charge in [-0.15, -0.1) is 0 Å². The minimum Gasteiger partial charge on any atom is -0.447 e. The summed E-state index contributed by atoms with van der Waals surface area (Å²) in [4.78, 5) is 0. The highest BCUT2D eigenvalue weighted by molar-refractivity contribution is 5.89. The van der Waals surface area contributed by atoms with E-state index in [0.29, 0.717) is 18.8 Å². The van der Waals surface area contributed by atoms with Crippen LogP contribution in [0, 0.1) is 62.1 Å². The van der Waals surface area contributed by atoms with Crippen LogP contribution in [-0.4, -0.2) is 17.8 Å². The summed E-state index contributed by atoms with van der Waals surface area (Å²) >= 11 is 0. The summed E-state index contributed by atoms with van der Waals surface area (Å²) < 4.78 is 12.5. The SMILES string of the molecule is CCC1CCC23OC(=N)C(C#N)(C2C1)C(C#N)(C#N)C(C(C)c1ccccc1)O3. The molecule has 1 aromatic rings. The first-order valence-corrected chi connectivity index (χ1v) is 10.2. The number of hydrogen-bond donors (Lipinski definition) is 1. The molecule has 1 saturated carbocycles. The Morgan fingerprint density at radius 1 is 1.17 bits per heavy atom. The Kier molecular flexibility index (Phi) is 4.41. The molecule has 2 aliphatic heterocycles. The van der Waals surface area contributed by atoms with Crippen molar-refractivity contribution in [3.8, 4) is 18.2 Å². The molecule has 2 bridgehead atoms. The van der Waals surface area contributed by atoms with Crippen LogP contribution >= 0.6 is 0 Å². The van der Waals surface area contributed by atoms with Gasteiger partial charge in [0.1, 0.15) is 6.10 Å². The van der Waals surface area contributed by atoms with E-state index in [1.165, 1.54) is 0 Å². The third-order valence-electron chi connectivity index (χ3n) is 7.42. The second-order valence-corrected chi connectivity index (χ2v) is 8.53. The predicted octanol–water partition coefficient (Wildman–Crippen LogP) is 4.26. The van der Waals surface area contributed by atoms with E-state index in [-0.39, 0.29) is 11.8 Å². The van der Waals surface area contributed by atoms with Crippen LogP contribution in [0.3, 0.4) is 0 Å². The molecule has 6 nitrogen and oxygen atoms in total. The molecule has 148 valence electrons. The minimum atomic E-state index is -1.83. The van der Waals surface area contributed by atoms with Crippen LogP contribution in [0.1, 0.15) is 51.0 Å². The molecule has 1 N–H and O–H groups in total. The van der Waals surface area contributed by atoms with Crippen LogP contribution in [0.5, 0.6) is 0 Å². The first kappa shape index (κ1) is 19.4. The number of nitriles is 3. The van der Waals surface area contributed by atoms with E-state index in [9.17, 15) is 15.8 Å². The number of nitrogens with zero attached hydrogens (tertiary/aromatic N) is 3. The van der Waals surface area contributed by atoms with Crippen molar-refractivity contribution in [3.63, 3.8) is 0 Å². The van der Waals surface area contributed by atoms with Gasteiger partial charge < -0.3 is 9.47 Å². The first-order chi connectivity index (χ1) is 13.9. The molecule has 29 heavy (non-hydrogen) atoms. The van der Waals surface area contributed by atoms with Crippen molar-refractivity contribution in [1.29, 1.82) is 21.2 Å². The second-order valence-electron chi connectivity index (χ2n) is 8.53. The maximum Gasteiger partial charge on any atom is 0.217 e. The number of rotatable bonds is 3. The molecule has 0 amide bonds. The number of nitrogens with one attached hydrogen (secondary N) is 1. The van der Waals surface area contributed by atoms with Crippen LogP contribution in [0.15, 0.2) is 30.3 Å². The summed E-state index contributed by atoms with van der Waals surface area (Å²) in [5.41, 5.74) is -2.53. The minimum absolute atomic E-state index is 0.285. The van der Waals surface area contributed by atoms with Crippen LogP contribution in [0.4, 0.5) is 0 Å². The van der Waals surface area contributed by atoms with Gasteiger partial charge in [0, 0.05) is 12.3 Å². The smallest absolute Gasteiger partial charge is 0.217 e. The van der Waals surface area contributed by atoms with Gasteiger partial charge in [0.2, 0.25) is 11.7 Å². The fourth-order valence-electron chi connectivity index (χ4n) is 5.72. The number of benzene rings is 1. The third kappa shape index (κ3) is 2.26. The Labute approximate surface area is 171 Å². The van der Waals surface area contributed by atoms with Crippen molar-refractivity contribution in [2.24, 2.45) is 22.7 Å². The molecule has 6 unspecified atom stereocenters. The fourth-order valence-corrected chi connectivity index (χ4v) is 5.72. The molecule has 2 saturated heterocycles. The summed E-state index contributed by atoms with van der Waals surface area (Å²) in [5, 5.41) is 39.6. The maximum absolute atomic E-state index is 10.4. The van der Waals surface area contributed by atoms with Gasteiger partial charge in [-0.25, -0.2) is 0 Å². The monoisotopic (exact) mass is 388 g/mol. The molecule has 4 rings (SSSR count). The molecule has 1 aromatic carbocycles. The average molecular weight is 388 g/mol. The lowest BCUT2D eigenvalue weighted by atomic mass is 9.50. The highest BCUT2D eigenvalue weighted by Gasteiger charge is 2.81. The van der Waals surface area contributed by atoms with Crippen LogP contribution in [-0.2, 0) is 9.47 Å². The molecule has 1 aliphatic carbocycles. The molecule has 0 radical (unpaired) electrons. The van der Waals surface area contributed by atoms with Crippen molar-refractivity contribution in [2.75, 3.05) is 0 Å². The highest BCUT2D eigenvalue weighted by atomic mass is 16.7. The Bertz CT molecular complexity index is 942. The van der Waals surface area contributed by atoms with Gasteiger partial charge in [-0.05, 0) is 24.3 Å². The zero-order chi connectivity index (χ0) is 20.9. The number of ether oxygens (including phenoxy) is 2. The van der Waals surface area contributed by atoms with Crippen molar-refractivity contribution in [3.05, 3.63) is 35.9 Å². The van der Waals surface area contributed by atoms with Gasteiger partial charge in [0.15, 0.2) is 10.8 Å². The van der Waals surface area contributed by atoms with E-state index in [2.05, 4.69) is 25.1 Å². The standard InChI is InChI=1S/C23H24N4O2/c1-3-16-9-10-23-18(11-16)22(14-26,20(27)29-23)21(12-24,13-25)19(28-23)15(2)17-7-5-4-6-8-17/h4-8,15-16,18-19,27H,3,9-11H2,1-2H3. The molecule has 0 spiro atoms. The average Bonchev–Trinajstić information content (AvgIpc) is 2.97. The van der Waals surface area contributed by atoms with Crippen LogP contribution < -0.4 is 0 Å². The molecule has 3 aliphatic rings. The van der Waals surface area contributed by atoms with Crippen molar-refractivity contribution in [1.82, 2.24) is 0 Å². The maximum atomic E-state index is 10.4. The normalized spacial score (nSPS) is 37.9. The van der Waals surface area contributed by atoms with E-state index < -0.39 is 28.6 Å². The highest BCUT2D eigenvalue weighted by Crippen LogP contribution is 2.68. The molecular formula is C23H24N4O2. The zero-order valence-electron chi connectivity index (χ0n) is 16.7. The largest absolute Gasteiger partial charge is 0.447 e. The molecule has 6 heteroatoms. The Morgan fingerprint density at radius 2 is 1.86 bits per heavy atom. The summed E-state index contributed by atoms with van der Waals surface area (Å²) in [6, 6.07) is 16.1. The summed E-state index contributed by atoms with van der Waals surface area (Å²) in [7, 11) is 0. The van der Waals surface area contributed by atoms with Gasteiger partial charge in [-0.3, -0.25) is 5.41 Å². The van der Waals surface area contributed by atoms with Gasteiger partial charge in [0.05, 0.1) is 24.1 Å². The summed E-state index contributed by atoms with van der Waals surface area (Å²) in [5.74, 6) is -1.85. The van der Waals surface area contributed by atoms with Crippen LogP contribution in [0.2, 0.25) is 0 Å². The Morgan fingerprint density at radius 3 is 2.45 bits per heavy atom. The lowest BCUT2D eigenvalue weighted by Crippen LogP contribution is -2.65. The van der Waals surface area contributed by atoms with Gasteiger partial charge in [0.25, 0.3) is 0 Å². The lowest BCUT2D eigenvalue weighted by Gasteiger charge is -2.54. The summed E-state index contributed by atoms with van der Waals surface area (Å²) in [6.07, 6.45) is 2.12. The fraction of sp³-hybridized carbons (Fsp3) is 0.565. The predicted molar refractivity (Wildman–Crippen MR) is 104 cm³/mol. The molecule has 2 heterocycles. The van der Waals surface area contributed by atoms with E-state index in [1.807, 2.05) is 37.3 Å². The van der Waals surface area contributed by atoms with Crippen molar-refractivity contribution in [2.45, 2.75) is 57.3 Å². The van der Waals surface area contributed by atoms with Gasteiger partial charge in [-0.2, -0.15) is 15.8 Å². The first-order valence-electron chi connectivity index (χ1n) is 10.2. The lowest BCUT2D eigenvalue weighted by molar-refractivity contribution is -0.299. The van der Waals surface area contributed by atoms with E-state index in [0.717, 1.165) is 18.4 Å². The zero-order valence-corrected chi connectivity index (χ0v) is 16.7. The Hall–Kier alpha value is -2.88. The van der Waals surface area contributed by atoms with Crippen molar-refractivity contribution < 1.29 is 9.47 Å². The molecule has 6 atom stereocenters. The Balaban J connectivity index is 1.92. The second kappa shape index (κ2) is 6.58. The van der Waals surface area contributed by atoms with Crippen molar-refractivity contribution >= 4 is 5.90 Å². The van der Waals surface area contributed by atoms with E-state index in [4.69, 9.17) is 14.9 Å². The van der Waals surface area contributed by atoms with E-state index in [1.54, 1.807) is 0 Å². The third-order valence-corrected chi connectivity index (χ3v) is 7.42. The van der Waals surface area contributed by atoms with Gasteiger partial charge in [-0.1, -0.05) is 50.6 Å². The number of hydrogen-bond acceptors (Lipinski definition) is 6.